The van der Waals surface area contributed by atoms with Crippen LogP contribution in [0.5, 0.6) is 5.88 Å². The maximum absolute atomic E-state index is 11.7. The smallest absolute Gasteiger partial charge is 0.303 e. The van der Waals surface area contributed by atoms with Gasteiger partial charge in [0.1, 0.15) is 17.2 Å². The minimum absolute atomic E-state index is 0.0257. The summed E-state index contributed by atoms with van der Waals surface area (Å²) in [5.41, 5.74) is -0.130. The van der Waals surface area contributed by atoms with Crippen molar-refractivity contribution in [2.45, 2.75) is 71.2 Å². The lowest BCUT2D eigenvalue weighted by molar-refractivity contribution is -0.148. The van der Waals surface area contributed by atoms with Gasteiger partial charge in [0.05, 0.1) is 12.0 Å². The standard InChI is InChI=1S/C27H37ClN2O4/c1-17-13-23-22(10-9-19(3)27(23,32)14-25(17)33-20(4)31)18(2)15-30-12-6-7-21(16-30)34-26-24(28)8-5-11-29-26/h5,8,11,13,18-19,21-23,25,32H,6-7,9-10,12,15-16H2,1-4H3/t18-,19-,21?,22+,23-,25-,27-/m1/s1. The summed E-state index contributed by atoms with van der Waals surface area (Å²) in [6.07, 6.45) is 10.7. The summed E-state index contributed by atoms with van der Waals surface area (Å²) in [5, 5.41) is 12.3. The molecule has 1 saturated carbocycles. The van der Waals surface area contributed by atoms with Crippen LogP contribution in [-0.4, -0.2) is 58.4 Å². The summed E-state index contributed by atoms with van der Waals surface area (Å²) in [5.74, 6) is 0.911. The molecule has 0 amide bonds. The van der Waals surface area contributed by atoms with Gasteiger partial charge in [-0.3, -0.25) is 9.69 Å². The van der Waals surface area contributed by atoms with Crippen LogP contribution in [0.15, 0.2) is 30.0 Å². The van der Waals surface area contributed by atoms with Crippen LogP contribution in [0.4, 0.5) is 0 Å². The van der Waals surface area contributed by atoms with Crippen molar-refractivity contribution in [3.63, 3.8) is 0 Å². The lowest BCUT2D eigenvalue weighted by Gasteiger charge is -2.53. The number of halogens is 1. The third-order valence-corrected chi connectivity index (χ3v) is 8.19. The molecule has 0 spiro atoms. The van der Waals surface area contributed by atoms with E-state index in [1.54, 1.807) is 18.3 Å². The lowest BCUT2D eigenvalue weighted by atomic mass is 9.57. The van der Waals surface area contributed by atoms with Gasteiger partial charge in [0.25, 0.3) is 0 Å². The minimum Gasteiger partial charge on any atom is -0.472 e. The van der Waals surface area contributed by atoms with Crippen LogP contribution in [0.3, 0.4) is 0 Å². The van der Waals surface area contributed by atoms with E-state index >= 15 is 0 Å². The molecule has 2 fully saturated rings. The topological polar surface area (TPSA) is 71.9 Å². The number of carbonyl (C=O) groups excluding carboxylic acids is 1. The third kappa shape index (κ3) is 5.44. The SMILES string of the molecule is CC(=O)O[C@@H]1[C][C@@]2(O)[C@H](C)CC[C@@H]([C@H](C)CN3CCCC(Oc4ncccc4Cl)C3)[C@H]2C=C1C. The van der Waals surface area contributed by atoms with Gasteiger partial charge in [-0.15, -0.1) is 0 Å². The first-order valence-electron chi connectivity index (χ1n) is 12.5. The number of fused-ring (bicyclic) bond motifs is 1. The Balaban J connectivity index is 1.43. The molecule has 2 heterocycles. The van der Waals surface area contributed by atoms with E-state index in [2.05, 4.69) is 36.2 Å². The fourth-order valence-corrected chi connectivity index (χ4v) is 6.21. The molecule has 1 aliphatic heterocycles. The zero-order valence-electron chi connectivity index (χ0n) is 20.7. The van der Waals surface area contributed by atoms with E-state index in [9.17, 15) is 9.90 Å². The Kier molecular flexibility index (Phi) is 7.90. The van der Waals surface area contributed by atoms with Crippen molar-refractivity contribution in [1.82, 2.24) is 9.88 Å². The highest BCUT2D eigenvalue weighted by Crippen LogP contribution is 2.51. The van der Waals surface area contributed by atoms with E-state index in [-0.39, 0.29) is 23.9 Å². The van der Waals surface area contributed by atoms with Gasteiger partial charge in [-0.25, -0.2) is 4.98 Å². The predicted octanol–water partition coefficient (Wildman–Crippen LogP) is 4.58. The van der Waals surface area contributed by atoms with Gasteiger partial charge < -0.3 is 14.6 Å². The quantitative estimate of drug-likeness (QED) is 0.466. The van der Waals surface area contributed by atoms with Gasteiger partial charge in [0.2, 0.25) is 5.88 Å². The number of hydrogen-bond acceptors (Lipinski definition) is 6. The van der Waals surface area contributed by atoms with Crippen LogP contribution >= 0.6 is 11.6 Å². The molecule has 2 aliphatic carbocycles. The van der Waals surface area contributed by atoms with Gasteiger partial charge in [-0.1, -0.05) is 31.5 Å². The number of likely N-dealkylation sites (tertiary alicyclic amines) is 1. The summed E-state index contributed by atoms with van der Waals surface area (Å²) in [7, 11) is 0. The molecule has 6 nitrogen and oxygen atoms in total. The minimum atomic E-state index is -1.08. The number of piperidine rings is 1. The molecular formula is C27H37ClN2O4. The molecule has 3 aliphatic rings. The van der Waals surface area contributed by atoms with Gasteiger partial charge in [0.15, 0.2) is 0 Å². The number of rotatable bonds is 6. The van der Waals surface area contributed by atoms with E-state index in [1.807, 2.05) is 6.92 Å². The van der Waals surface area contributed by atoms with E-state index < -0.39 is 11.7 Å². The third-order valence-electron chi connectivity index (χ3n) is 7.90. The molecule has 186 valence electrons. The van der Waals surface area contributed by atoms with E-state index in [1.165, 1.54) is 6.92 Å². The molecule has 1 aromatic heterocycles. The highest BCUT2D eigenvalue weighted by molar-refractivity contribution is 6.31. The van der Waals surface area contributed by atoms with E-state index in [0.29, 0.717) is 22.7 Å². The van der Waals surface area contributed by atoms with Gasteiger partial charge in [-0.2, -0.15) is 0 Å². The first-order chi connectivity index (χ1) is 16.2. The number of nitrogens with zero attached hydrogens (tertiary/aromatic N) is 2. The van der Waals surface area contributed by atoms with Crippen LogP contribution in [-0.2, 0) is 9.53 Å². The van der Waals surface area contributed by atoms with Crippen LogP contribution in [0, 0.1) is 30.1 Å². The summed E-state index contributed by atoms with van der Waals surface area (Å²) < 4.78 is 11.6. The molecule has 1 unspecified atom stereocenters. The van der Waals surface area contributed by atoms with Crippen molar-refractivity contribution in [2.75, 3.05) is 19.6 Å². The maximum Gasteiger partial charge on any atom is 0.303 e. The summed E-state index contributed by atoms with van der Waals surface area (Å²) in [6, 6.07) is 3.61. The van der Waals surface area contributed by atoms with Gasteiger partial charge in [0, 0.05) is 32.1 Å². The average molecular weight is 489 g/mol. The Morgan fingerprint density at radius 1 is 1.41 bits per heavy atom. The van der Waals surface area contributed by atoms with E-state index in [0.717, 1.165) is 50.9 Å². The summed E-state index contributed by atoms with van der Waals surface area (Å²) in [4.78, 5) is 18.3. The number of aromatic nitrogens is 1. The number of aliphatic hydroxyl groups is 1. The molecule has 7 atom stereocenters. The van der Waals surface area contributed by atoms with Crippen molar-refractivity contribution in [3.8, 4) is 5.88 Å². The fraction of sp³-hybridized carbons (Fsp3) is 0.667. The highest BCUT2D eigenvalue weighted by atomic mass is 35.5. The Hall–Kier alpha value is -1.63. The lowest BCUT2D eigenvalue weighted by Crippen LogP contribution is -2.57. The molecule has 1 aromatic rings. The normalized spacial score (nSPS) is 35.1. The largest absolute Gasteiger partial charge is 0.472 e. The summed E-state index contributed by atoms with van der Waals surface area (Å²) >= 11 is 6.24. The first kappa shape index (κ1) is 25.5. The second-order valence-electron chi connectivity index (χ2n) is 10.4. The van der Waals surface area contributed by atoms with Crippen molar-refractivity contribution in [3.05, 3.63) is 41.4 Å². The number of hydrogen-bond donors (Lipinski definition) is 1. The predicted molar refractivity (Wildman–Crippen MR) is 131 cm³/mol. The molecule has 1 N–H and O–H groups in total. The van der Waals surface area contributed by atoms with Crippen molar-refractivity contribution in [2.24, 2.45) is 23.7 Å². The Labute approximate surface area is 208 Å². The number of esters is 1. The van der Waals surface area contributed by atoms with Gasteiger partial charge in [-0.05, 0) is 74.6 Å². The zero-order valence-corrected chi connectivity index (χ0v) is 21.4. The number of carbonyl (C=O) groups is 1. The monoisotopic (exact) mass is 488 g/mol. The molecule has 2 radical (unpaired) electrons. The summed E-state index contributed by atoms with van der Waals surface area (Å²) in [6.45, 7) is 10.6. The second-order valence-corrected chi connectivity index (χ2v) is 10.9. The fourth-order valence-electron chi connectivity index (χ4n) is 6.04. The Morgan fingerprint density at radius 2 is 2.21 bits per heavy atom. The van der Waals surface area contributed by atoms with Crippen molar-refractivity contribution >= 4 is 17.6 Å². The molecule has 1 saturated heterocycles. The molecule has 34 heavy (non-hydrogen) atoms. The van der Waals surface area contributed by atoms with Crippen LogP contribution in [0.25, 0.3) is 0 Å². The molecular weight excluding hydrogens is 452 g/mol. The highest BCUT2D eigenvalue weighted by Gasteiger charge is 2.53. The first-order valence-corrected chi connectivity index (χ1v) is 12.9. The molecule has 7 heteroatoms. The Morgan fingerprint density at radius 3 is 2.94 bits per heavy atom. The second kappa shape index (κ2) is 10.5. The Bertz CT molecular complexity index is 908. The van der Waals surface area contributed by atoms with Crippen molar-refractivity contribution < 1.29 is 19.4 Å². The van der Waals surface area contributed by atoms with E-state index in [4.69, 9.17) is 21.1 Å². The molecule has 4 rings (SSSR count). The van der Waals surface area contributed by atoms with Crippen molar-refractivity contribution in [1.29, 1.82) is 0 Å². The van der Waals surface area contributed by atoms with Gasteiger partial charge >= 0.3 is 5.97 Å². The number of pyridine rings is 1. The molecule has 0 bridgehead atoms. The van der Waals surface area contributed by atoms with Crippen LogP contribution in [0.1, 0.15) is 53.4 Å². The maximum atomic E-state index is 11.7. The zero-order chi connectivity index (χ0) is 24.5. The van der Waals surface area contributed by atoms with Crippen LogP contribution in [0.2, 0.25) is 5.02 Å². The molecule has 0 aromatic carbocycles. The van der Waals surface area contributed by atoms with Crippen LogP contribution < -0.4 is 4.74 Å². The number of ether oxygens (including phenoxy) is 2. The average Bonchev–Trinajstić information content (AvgIpc) is 2.77.